The van der Waals surface area contributed by atoms with E-state index in [1.165, 1.54) is 38.6 Å². The zero-order valence-corrected chi connectivity index (χ0v) is 20.8. The number of thiazole rings is 1. The van der Waals surface area contributed by atoms with Gasteiger partial charge in [0.25, 0.3) is 0 Å². The Morgan fingerprint density at radius 3 is 2.49 bits per heavy atom. The molecule has 0 fully saturated rings. The van der Waals surface area contributed by atoms with Crippen LogP contribution in [0.3, 0.4) is 0 Å². The van der Waals surface area contributed by atoms with Gasteiger partial charge in [-0.3, -0.25) is 14.5 Å². The van der Waals surface area contributed by atoms with Gasteiger partial charge in [-0.2, -0.15) is 4.39 Å². The van der Waals surface area contributed by atoms with Gasteiger partial charge in [0.2, 0.25) is 16.9 Å². The number of aromatic nitrogens is 2. The second kappa shape index (κ2) is 11.3. The summed E-state index contributed by atoms with van der Waals surface area (Å²) < 4.78 is 34.5. The number of aliphatic carboxylic acids is 1. The number of rotatable bonds is 9. The largest absolute Gasteiger partial charge is 0.481 e. The molecule has 2 heterocycles. The number of carboxylic acids is 1. The number of hydrogen-bond acceptors (Lipinski definition) is 6. The van der Waals surface area contributed by atoms with E-state index in [4.69, 9.17) is 4.74 Å². The van der Waals surface area contributed by atoms with Crippen LogP contribution in [0.15, 0.2) is 66.9 Å². The number of hydrogen-bond donors (Lipinski definition) is 1. The zero-order chi connectivity index (χ0) is 26.5. The first-order valence-corrected chi connectivity index (χ1v) is 12.1. The molecule has 10 heteroatoms. The molecule has 7 nitrogen and oxygen atoms in total. The molecule has 0 aliphatic carbocycles. The minimum atomic E-state index is -1.12. The average Bonchev–Trinajstić information content (AvgIpc) is 3.29. The molecule has 37 heavy (non-hydrogen) atoms. The van der Waals surface area contributed by atoms with E-state index in [0.29, 0.717) is 28.3 Å². The van der Waals surface area contributed by atoms with E-state index in [-0.39, 0.29) is 22.8 Å². The fourth-order valence-corrected chi connectivity index (χ4v) is 4.73. The third-order valence-electron chi connectivity index (χ3n) is 5.78. The number of carbonyl (C=O) groups excluding carboxylic acids is 1. The monoisotopic (exact) mass is 523 g/mol. The molecule has 0 saturated carbocycles. The number of amides is 1. The fourth-order valence-electron chi connectivity index (χ4n) is 3.95. The lowest BCUT2D eigenvalue weighted by Gasteiger charge is -2.21. The highest BCUT2D eigenvalue weighted by molar-refractivity contribution is 7.14. The van der Waals surface area contributed by atoms with Gasteiger partial charge in [-0.05, 0) is 35.7 Å². The zero-order valence-electron chi connectivity index (χ0n) is 20.0. The van der Waals surface area contributed by atoms with Gasteiger partial charge in [-0.15, -0.1) is 0 Å². The van der Waals surface area contributed by atoms with Crippen LogP contribution in [0.1, 0.15) is 12.0 Å². The minimum absolute atomic E-state index is 0.0315. The normalized spacial score (nSPS) is 11.7. The predicted octanol–water partition coefficient (Wildman–Crippen LogP) is 5.46. The van der Waals surface area contributed by atoms with Crippen LogP contribution >= 0.6 is 11.3 Å². The topological polar surface area (TPSA) is 92.6 Å². The lowest BCUT2D eigenvalue weighted by atomic mass is 9.95. The predicted molar refractivity (Wildman–Crippen MR) is 137 cm³/mol. The first-order chi connectivity index (χ1) is 17.8. The molecule has 1 unspecified atom stereocenters. The Morgan fingerprint density at radius 1 is 1.08 bits per heavy atom. The van der Waals surface area contributed by atoms with Crippen molar-refractivity contribution >= 4 is 28.3 Å². The van der Waals surface area contributed by atoms with Crippen molar-refractivity contribution in [2.24, 2.45) is 5.92 Å². The van der Waals surface area contributed by atoms with Crippen molar-refractivity contribution in [3.05, 3.63) is 83.4 Å². The van der Waals surface area contributed by atoms with E-state index >= 15 is 4.39 Å². The lowest BCUT2D eigenvalue weighted by Crippen LogP contribution is -2.35. The van der Waals surface area contributed by atoms with E-state index < -0.39 is 35.2 Å². The summed E-state index contributed by atoms with van der Waals surface area (Å²) in [5.74, 6) is -2.70. The maximum atomic E-state index is 15.2. The number of carboxylic acid groups (broad SMARTS) is 1. The van der Waals surface area contributed by atoms with E-state index in [0.717, 1.165) is 10.5 Å². The highest BCUT2D eigenvalue weighted by Gasteiger charge is 2.29. The summed E-state index contributed by atoms with van der Waals surface area (Å²) in [4.78, 5) is 34.4. The Labute approximate surface area is 216 Å². The maximum Gasteiger partial charge on any atom is 0.304 e. The molecule has 1 amide bonds. The van der Waals surface area contributed by atoms with Crippen molar-refractivity contribution in [2.75, 3.05) is 19.1 Å². The first-order valence-electron chi connectivity index (χ1n) is 11.3. The van der Waals surface area contributed by atoms with Crippen LogP contribution in [0, 0.1) is 16.9 Å². The quantitative estimate of drug-likeness (QED) is 0.313. The summed E-state index contributed by atoms with van der Waals surface area (Å²) >= 11 is 0.626. The molecule has 0 aliphatic heterocycles. The highest BCUT2D eigenvalue weighted by Crippen LogP contribution is 2.38. The van der Waals surface area contributed by atoms with Crippen molar-refractivity contribution in [1.82, 2.24) is 9.97 Å². The summed E-state index contributed by atoms with van der Waals surface area (Å²) in [5, 5.41) is 8.69. The molecule has 0 radical (unpaired) electrons. The minimum Gasteiger partial charge on any atom is -0.481 e. The van der Waals surface area contributed by atoms with Gasteiger partial charge in [-0.1, -0.05) is 47.7 Å². The van der Waals surface area contributed by atoms with E-state index in [1.54, 1.807) is 24.3 Å². The molecule has 2 aromatic heterocycles. The average molecular weight is 524 g/mol. The summed E-state index contributed by atoms with van der Waals surface area (Å²) in [6.45, 7) is 0. The van der Waals surface area contributed by atoms with Gasteiger partial charge >= 0.3 is 5.97 Å². The molecule has 0 saturated heterocycles. The van der Waals surface area contributed by atoms with Gasteiger partial charge in [0.05, 0.1) is 19.4 Å². The Bertz CT molecular complexity index is 1410. The van der Waals surface area contributed by atoms with Crippen LogP contribution < -0.4 is 9.64 Å². The summed E-state index contributed by atoms with van der Waals surface area (Å²) in [6, 6.07) is 16.3. The smallest absolute Gasteiger partial charge is 0.304 e. The molecule has 0 bridgehead atoms. The second-order valence-corrected chi connectivity index (χ2v) is 9.21. The third kappa shape index (κ3) is 5.97. The van der Waals surface area contributed by atoms with Gasteiger partial charge in [-0.25, -0.2) is 14.4 Å². The van der Waals surface area contributed by atoms with Crippen molar-refractivity contribution in [3.8, 4) is 28.3 Å². The SMILES string of the molecule is COc1ccc(-c2ccc(F)cc2-c2nc(N(C)C(=O)C(CC(=O)O)Cc3ccccc3)sc2F)cn1. The number of halogens is 2. The second-order valence-electron chi connectivity index (χ2n) is 8.28. The van der Waals surface area contributed by atoms with E-state index in [2.05, 4.69) is 9.97 Å². The number of methoxy groups -OCH3 is 1. The molecule has 0 aliphatic rings. The molecule has 2 aromatic carbocycles. The standard InChI is InChI=1S/C27H23F2N3O4S/c1-32(26(35)18(13-23(33)34)12-16-6-4-3-5-7-16)27-31-24(25(29)37-27)21-14-19(28)9-10-20(21)17-8-11-22(36-2)30-15-17/h3-11,14-15,18H,12-13H2,1-2H3,(H,33,34). The van der Waals surface area contributed by atoms with E-state index in [1.807, 2.05) is 18.2 Å². The molecule has 190 valence electrons. The van der Waals surface area contributed by atoms with Crippen molar-refractivity contribution < 1.29 is 28.2 Å². The van der Waals surface area contributed by atoms with Crippen molar-refractivity contribution in [2.45, 2.75) is 12.8 Å². The third-order valence-corrected chi connectivity index (χ3v) is 6.70. The summed E-state index contributed by atoms with van der Waals surface area (Å²) in [6.07, 6.45) is 1.34. The molecule has 4 aromatic rings. The van der Waals surface area contributed by atoms with Crippen LogP contribution in [0.25, 0.3) is 22.4 Å². The lowest BCUT2D eigenvalue weighted by molar-refractivity contribution is -0.140. The molecule has 1 N–H and O–H groups in total. The van der Waals surface area contributed by atoms with E-state index in [9.17, 15) is 19.1 Å². The maximum absolute atomic E-state index is 15.2. The van der Waals surface area contributed by atoms with Crippen LogP contribution in [0.4, 0.5) is 13.9 Å². The van der Waals surface area contributed by atoms with Gasteiger partial charge in [0.1, 0.15) is 11.5 Å². The fraction of sp³-hybridized carbons (Fsp3) is 0.185. The number of nitrogens with zero attached hydrogens (tertiary/aromatic N) is 3. The van der Waals surface area contributed by atoms with Crippen LogP contribution in [0.5, 0.6) is 5.88 Å². The number of ether oxygens (including phenoxy) is 1. The Hall–Kier alpha value is -4.18. The van der Waals surface area contributed by atoms with Crippen LogP contribution in [0.2, 0.25) is 0 Å². The Morgan fingerprint density at radius 2 is 1.84 bits per heavy atom. The van der Waals surface area contributed by atoms with Crippen LogP contribution in [-0.2, 0) is 16.0 Å². The first kappa shape index (κ1) is 25.9. The Balaban J connectivity index is 1.67. The molecule has 1 atom stereocenters. The Kier molecular flexibility index (Phi) is 7.88. The number of carbonyl (C=O) groups is 2. The number of pyridine rings is 1. The van der Waals surface area contributed by atoms with Crippen molar-refractivity contribution in [3.63, 3.8) is 0 Å². The number of anilines is 1. The highest BCUT2D eigenvalue weighted by atomic mass is 32.1. The van der Waals surface area contributed by atoms with Gasteiger partial charge in [0, 0.05) is 30.4 Å². The van der Waals surface area contributed by atoms with Crippen LogP contribution in [-0.4, -0.2) is 41.1 Å². The van der Waals surface area contributed by atoms with Gasteiger partial charge in [0.15, 0.2) is 5.13 Å². The summed E-state index contributed by atoms with van der Waals surface area (Å²) in [7, 11) is 2.90. The molecular formula is C27H23F2N3O4S. The number of benzene rings is 2. The molecule has 0 spiro atoms. The van der Waals surface area contributed by atoms with Crippen molar-refractivity contribution in [1.29, 1.82) is 0 Å². The summed E-state index contributed by atoms with van der Waals surface area (Å²) in [5.41, 5.74) is 1.97. The molecule has 4 rings (SSSR count). The molecular weight excluding hydrogens is 500 g/mol. The van der Waals surface area contributed by atoms with Gasteiger partial charge < -0.3 is 9.84 Å².